The average molecular weight is 383 g/mol. The van der Waals surface area contributed by atoms with Gasteiger partial charge in [0.15, 0.2) is 0 Å². The lowest BCUT2D eigenvalue weighted by Crippen LogP contribution is -2.46. The highest BCUT2D eigenvalue weighted by Crippen LogP contribution is 2.29. The van der Waals surface area contributed by atoms with Crippen molar-refractivity contribution >= 4 is 53.1 Å². The predicted molar refractivity (Wildman–Crippen MR) is 97.5 cm³/mol. The molecule has 0 aliphatic heterocycles. The molecule has 3 N–H and O–H groups in total. The number of anilines is 1. The highest BCUT2D eigenvalue weighted by Gasteiger charge is 2.21. The Hall–Kier alpha value is -1.01. The smallest absolute Gasteiger partial charge is 0.244 e. The predicted octanol–water partition coefficient (Wildman–Crippen LogP) is 3.33. The quantitative estimate of drug-likeness (QED) is 0.759. The average Bonchev–Trinajstić information content (AvgIpc) is 2.48. The molecule has 130 valence electrons. The van der Waals surface area contributed by atoms with Crippen molar-refractivity contribution in [3.8, 4) is 0 Å². The normalized spacial score (nSPS) is 11.3. The molecule has 0 heterocycles. The highest BCUT2D eigenvalue weighted by molar-refractivity contribution is 6.39. The molecule has 8 heteroatoms. The van der Waals surface area contributed by atoms with Crippen LogP contribution < -0.4 is 11.1 Å². The van der Waals surface area contributed by atoms with E-state index in [4.69, 9.17) is 28.9 Å². The minimum atomic E-state index is -0.582. The second-order valence-corrected chi connectivity index (χ2v) is 5.71. The van der Waals surface area contributed by atoms with Crippen LogP contribution in [0.5, 0.6) is 0 Å². The van der Waals surface area contributed by atoms with Crippen LogP contribution in [-0.2, 0) is 9.59 Å². The molecule has 2 amide bonds. The van der Waals surface area contributed by atoms with Crippen molar-refractivity contribution in [1.29, 1.82) is 0 Å². The maximum absolute atomic E-state index is 12.2. The van der Waals surface area contributed by atoms with E-state index in [-0.39, 0.29) is 30.8 Å². The minimum Gasteiger partial charge on any atom is -0.332 e. The molecule has 23 heavy (non-hydrogen) atoms. The molecule has 1 atom stereocenters. The second kappa shape index (κ2) is 10.7. The van der Waals surface area contributed by atoms with Crippen LogP contribution in [0, 0.1) is 0 Å². The third-order valence-electron chi connectivity index (χ3n) is 3.17. The fourth-order valence-corrected chi connectivity index (χ4v) is 2.48. The van der Waals surface area contributed by atoms with E-state index in [0.717, 1.165) is 6.42 Å². The van der Waals surface area contributed by atoms with Crippen molar-refractivity contribution < 1.29 is 9.59 Å². The maximum atomic E-state index is 12.2. The number of carbonyl (C=O) groups excluding carboxylic acids is 2. The summed E-state index contributed by atoms with van der Waals surface area (Å²) in [6.07, 6.45) is 1.40. The van der Waals surface area contributed by atoms with Gasteiger partial charge in [-0.25, -0.2) is 0 Å². The van der Waals surface area contributed by atoms with E-state index in [1.807, 2.05) is 6.92 Å². The van der Waals surface area contributed by atoms with E-state index in [2.05, 4.69) is 5.32 Å². The number of carbonyl (C=O) groups is 2. The van der Waals surface area contributed by atoms with Crippen molar-refractivity contribution in [2.75, 3.05) is 18.4 Å². The van der Waals surface area contributed by atoms with Crippen molar-refractivity contribution in [2.24, 2.45) is 5.73 Å². The standard InChI is InChI=1S/C15H21Cl2N3O2.ClH/c1-3-6-12(18)15(22)20(4-2)9-13(21)19-14-10(16)7-5-8-11(14)17;/h5,7-8,12H,3-4,6,9,18H2,1-2H3,(H,19,21);1H. The summed E-state index contributed by atoms with van der Waals surface area (Å²) >= 11 is 12.0. The van der Waals surface area contributed by atoms with E-state index >= 15 is 0 Å². The summed E-state index contributed by atoms with van der Waals surface area (Å²) in [5, 5.41) is 3.32. The number of nitrogens with one attached hydrogen (secondary N) is 1. The van der Waals surface area contributed by atoms with Crippen molar-refractivity contribution in [1.82, 2.24) is 4.90 Å². The van der Waals surface area contributed by atoms with Crippen LogP contribution in [0.3, 0.4) is 0 Å². The molecule has 1 rings (SSSR count). The maximum Gasteiger partial charge on any atom is 0.244 e. The zero-order valence-electron chi connectivity index (χ0n) is 13.1. The lowest BCUT2D eigenvalue weighted by Gasteiger charge is -2.23. The second-order valence-electron chi connectivity index (χ2n) is 4.89. The molecule has 5 nitrogen and oxygen atoms in total. The molecule has 0 saturated heterocycles. The molecular formula is C15H22Cl3N3O2. The molecule has 0 aromatic heterocycles. The molecule has 0 fully saturated rings. The number of para-hydroxylation sites is 1. The number of rotatable bonds is 7. The van der Waals surface area contributed by atoms with E-state index in [1.165, 1.54) is 4.90 Å². The van der Waals surface area contributed by atoms with Gasteiger partial charge in [-0.3, -0.25) is 9.59 Å². The number of benzene rings is 1. The first-order chi connectivity index (χ1) is 10.4. The highest BCUT2D eigenvalue weighted by atomic mass is 35.5. The monoisotopic (exact) mass is 381 g/mol. The number of hydrogen-bond acceptors (Lipinski definition) is 3. The largest absolute Gasteiger partial charge is 0.332 e. The van der Waals surface area contributed by atoms with E-state index in [9.17, 15) is 9.59 Å². The molecule has 1 aromatic carbocycles. The molecule has 0 bridgehead atoms. The minimum absolute atomic E-state index is 0. The summed E-state index contributed by atoms with van der Waals surface area (Å²) in [5.41, 5.74) is 6.16. The SMILES string of the molecule is CCCC(N)C(=O)N(CC)CC(=O)Nc1c(Cl)cccc1Cl.Cl. The Morgan fingerprint density at radius 1 is 1.26 bits per heavy atom. The Morgan fingerprint density at radius 2 is 1.83 bits per heavy atom. The summed E-state index contributed by atoms with van der Waals surface area (Å²) in [5.74, 6) is -0.598. The van der Waals surface area contributed by atoms with Gasteiger partial charge in [0.2, 0.25) is 11.8 Å². The first kappa shape index (κ1) is 22.0. The van der Waals surface area contributed by atoms with Gasteiger partial charge in [-0.15, -0.1) is 12.4 Å². The Labute approximate surface area is 152 Å². The first-order valence-electron chi connectivity index (χ1n) is 7.18. The Bertz CT molecular complexity index is 520. The summed E-state index contributed by atoms with van der Waals surface area (Å²) in [6.45, 7) is 4.07. The van der Waals surface area contributed by atoms with Crippen LogP contribution >= 0.6 is 35.6 Å². The number of amides is 2. The molecule has 0 saturated carbocycles. The summed E-state index contributed by atoms with van der Waals surface area (Å²) in [7, 11) is 0. The van der Waals surface area contributed by atoms with Gasteiger partial charge < -0.3 is 16.0 Å². The lowest BCUT2D eigenvalue weighted by atomic mass is 10.1. The number of halogens is 3. The Morgan fingerprint density at radius 3 is 2.30 bits per heavy atom. The van der Waals surface area contributed by atoms with E-state index < -0.39 is 6.04 Å². The van der Waals surface area contributed by atoms with E-state index in [1.54, 1.807) is 25.1 Å². The number of nitrogens with two attached hydrogens (primary N) is 1. The van der Waals surface area contributed by atoms with Gasteiger partial charge in [0.25, 0.3) is 0 Å². The third-order valence-corrected chi connectivity index (χ3v) is 3.80. The topological polar surface area (TPSA) is 75.4 Å². The van der Waals surface area contributed by atoms with Crippen molar-refractivity contribution in [3.63, 3.8) is 0 Å². The molecule has 1 aromatic rings. The molecule has 0 aliphatic rings. The zero-order valence-corrected chi connectivity index (χ0v) is 15.5. The van der Waals surface area contributed by atoms with Crippen molar-refractivity contribution in [2.45, 2.75) is 32.7 Å². The third kappa shape index (κ3) is 6.55. The summed E-state index contributed by atoms with van der Waals surface area (Å²) in [4.78, 5) is 25.7. The van der Waals surface area contributed by atoms with Crippen LogP contribution in [0.2, 0.25) is 10.0 Å². The molecular weight excluding hydrogens is 361 g/mol. The fraction of sp³-hybridized carbons (Fsp3) is 0.467. The van der Waals surface area contributed by atoms with Gasteiger partial charge in [0, 0.05) is 6.54 Å². The van der Waals surface area contributed by atoms with Gasteiger partial charge in [0.1, 0.15) is 0 Å². The zero-order chi connectivity index (χ0) is 16.7. The summed E-state index contributed by atoms with van der Waals surface area (Å²) in [6, 6.07) is 4.36. The van der Waals surface area contributed by atoms with Gasteiger partial charge >= 0.3 is 0 Å². The van der Waals surface area contributed by atoms with Crippen LogP contribution in [0.1, 0.15) is 26.7 Å². The lowest BCUT2D eigenvalue weighted by molar-refractivity contribution is -0.135. The first-order valence-corrected chi connectivity index (χ1v) is 7.94. The Balaban J connectivity index is 0.00000484. The molecule has 0 spiro atoms. The Kier molecular flexibility index (Phi) is 10.2. The van der Waals surface area contributed by atoms with Gasteiger partial charge in [-0.05, 0) is 25.5 Å². The van der Waals surface area contributed by atoms with Crippen molar-refractivity contribution in [3.05, 3.63) is 28.2 Å². The van der Waals surface area contributed by atoms with Gasteiger partial charge in [-0.2, -0.15) is 0 Å². The van der Waals surface area contributed by atoms with Gasteiger partial charge in [0.05, 0.1) is 28.3 Å². The number of nitrogens with zero attached hydrogens (tertiary/aromatic N) is 1. The molecule has 0 radical (unpaired) electrons. The van der Waals surface area contributed by atoms with E-state index in [0.29, 0.717) is 28.7 Å². The van der Waals surface area contributed by atoms with Crippen LogP contribution in [0.25, 0.3) is 0 Å². The van der Waals surface area contributed by atoms with Crippen LogP contribution in [0.4, 0.5) is 5.69 Å². The number of likely N-dealkylation sites (N-methyl/N-ethyl adjacent to an activating group) is 1. The van der Waals surface area contributed by atoms with Crippen LogP contribution in [-0.4, -0.2) is 35.8 Å². The van der Waals surface area contributed by atoms with Gasteiger partial charge in [-0.1, -0.05) is 42.6 Å². The number of hydrogen-bond donors (Lipinski definition) is 2. The molecule has 1 unspecified atom stereocenters. The fourth-order valence-electron chi connectivity index (χ4n) is 1.98. The molecule has 0 aliphatic carbocycles. The summed E-state index contributed by atoms with van der Waals surface area (Å²) < 4.78 is 0. The van der Waals surface area contributed by atoms with Crippen LogP contribution in [0.15, 0.2) is 18.2 Å².